The molecule has 56 heavy (non-hydrogen) atoms. The van der Waals surface area contributed by atoms with Gasteiger partial charge in [0.25, 0.3) is 0 Å². The van der Waals surface area contributed by atoms with Crippen LogP contribution in [0.15, 0.2) is 121 Å². The number of aromatic nitrogens is 3. The summed E-state index contributed by atoms with van der Waals surface area (Å²) in [6.45, 7) is 4.63. The summed E-state index contributed by atoms with van der Waals surface area (Å²) in [6.07, 6.45) is 4.29. The van der Waals surface area contributed by atoms with E-state index in [1.54, 1.807) is 98.8 Å². The number of morpholine rings is 1. The maximum Gasteiger partial charge on any atom is 0.243 e. The largest absolute Gasteiger partial charge is 0.384 e. The van der Waals surface area contributed by atoms with Crippen molar-refractivity contribution < 1.29 is 30.4 Å². The summed E-state index contributed by atoms with van der Waals surface area (Å²) in [6, 6.07) is 26.5. The van der Waals surface area contributed by atoms with Gasteiger partial charge >= 0.3 is 0 Å². The molecule has 290 valence electrons. The van der Waals surface area contributed by atoms with E-state index in [0.717, 1.165) is 0 Å². The molecule has 0 atom stereocenters. The molecule has 0 saturated carbocycles. The van der Waals surface area contributed by atoms with Gasteiger partial charge in [-0.1, -0.05) is 60.7 Å². The number of sulfonamides is 1. The molecule has 15 heteroatoms. The molecule has 0 radical (unpaired) electrons. The van der Waals surface area contributed by atoms with E-state index < -0.39 is 36.7 Å². The van der Waals surface area contributed by atoms with E-state index in [9.17, 15) is 25.6 Å². The van der Waals surface area contributed by atoms with Crippen LogP contribution >= 0.6 is 0 Å². The number of sulfone groups is 1. The van der Waals surface area contributed by atoms with Crippen LogP contribution in [0.1, 0.15) is 19.4 Å². The molecule has 7 rings (SSSR count). The summed E-state index contributed by atoms with van der Waals surface area (Å²) in [5, 5.41) is -0.478. The molecule has 6 aromatic rings. The minimum atomic E-state index is -3.71. The summed E-state index contributed by atoms with van der Waals surface area (Å²) in [5.41, 5.74) is 15.6. The number of hydrogen-bond acceptors (Lipinski definition) is 10. The normalized spacial score (nSPS) is 13.6. The van der Waals surface area contributed by atoms with Crippen LogP contribution in [0.25, 0.3) is 44.6 Å². The van der Waals surface area contributed by atoms with Crippen molar-refractivity contribution in [3.63, 3.8) is 0 Å². The molecule has 1 saturated heterocycles. The number of nitrogens with zero attached hydrogens (tertiary/aromatic N) is 4. The Kier molecular flexibility index (Phi) is 12.2. The zero-order chi connectivity index (χ0) is 40.0. The summed E-state index contributed by atoms with van der Waals surface area (Å²) in [4.78, 5) is 12.2. The molecule has 2 aromatic heterocycles. The fourth-order valence-electron chi connectivity index (χ4n) is 6.02. The summed E-state index contributed by atoms with van der Waals surface area (Å²) < 4.78 is 87.2. The third kappa shape index (κ3) is 9.08. The molecule has 4 aromatic carbocycles. The first-order valence-electron chi connectivity index (χ1n) is 17.6. The second-order valence-electron chi connectivity index (χ2n) is 13.2. The third-order valence-corrected chi connectivity index (χ3v) is 13.3. The lowest BCUT2D eigenvalue weighted by Crippen LogP contribution is -2.40. The number of benzene rings is 4. The van der Waals surface area contributed by atoms with Gasteiger partial charge in [-0.05, 0) is 72.5 Å². The highest BCUT2D eigenvalue weighted by atomic mass is 32.2. The molecule has 1 fully saturated rings. The topological polar surface area (TPSA) is 171 Å². The maximum absolute atomic E-state index is 14.9. The van der Waals surface area contributed by atoms with Crippen LogP contribution in [0.2, 0.25) is 0 Å². The van der Waals surface area contributed by atoms with Gasteiger partial charge in [-0.15, -0.1) is 0 Å². The maximum atomic E-state index is 14.9. The van der Waals surface area contributed by atoms with E-state index in [0.29, 0.717) is 82.3 Å². The third-order valence-electron chi connectivity index (χ3n) is 9.17. The Morgan fingerprint density at radius 1 is 0.661 bits per heavy atom. The van der Waals surface area contributed by atoms with Crippen LogP contribution in [0.4, 0.5) is 20.4 Å². The van der Waals surface area contributed by atoms with E-state index in [1.807, 2.05) is 0 Å². The molecule has 0 amide bonds. The number of halogens is 2. The number of pyridine rings is 1. The second kappa shape index (κ2) is 17.0. The van der Waals surface area contributed by atoms with Crippen molar-refractivity contribution in [3.8, 4) is 44.6 Å². The fourth-order valence-corrected chi connectivity index (χ4v) is 8.66. The van der Waals surface area contributed by atoms with Crippen molar-refractivity contribution in [1.82, 2.24) is 19.3 Å². The fraction of sp³-hybridized carbons (Fsp3) is 0.195. The highest BCUT2D eigenvalue weighted by molar-refractivity contribution is 7.91. The van der Waals surface area contributed by atoms with Gasteiger partial charge in [0.05, 0.1) is 47.2 Å². The molecular weight excluding hydrogens is 759 g/mol. The quantitative estimate of drug-likeness (QED) is 0.155. The Labute approximate surface area is 325 Å². The van der Waals surface area contributed by atoms with Crippen molar-refractivity contribution in [3.05, 3.63) is 133 Å². The van der Waals surface area contributed by atoms with Gasteiger partial charge in [-0.3, -0.25) is 4.98 Å². The van der Waals surface area contributed by atoms with Crippen LogP contribution in [0.3, 0.4) is 0 Å². The molecule has 1 aliphatic rings. The Morgan fingerprint density at radius 2 is 1.25 bits per heavy atom. The number of nitrogens with two attached hydrogens (primary N) is 2. The zero-order valence-electron chi connectivity index (χ0n) is 30.6. The lowest BCUT2D eigenvalue weighted by atomic mass is 9.98. The predicted molar refractivity (Wildman–Crippen MR) is 214 cm³/mol. The highest BCUT2D eigenvalue weighted by Crippen LogP contribution is 2.34. The number of rotatable bonds is 9. The van der Waals surface area contributed by atoms with Crippen LogP contribution in [0, 0.1) is 11.6 Å². The molecule has 0 unspecified atom stereocenters. The zero-order valence-corrected chi connectivity index (χ0v) is 32.3. The van der Waals surface area contributed by atoms with E-state index in [1.165, 1.54) is 35.0 Å². The van der Waals surface area contributed by atoms with Crippen molar-refractivity contribution in [2.24, 2.45) is 0 Å². The first kappa shape index (κ1) is 40.1. The number of anilines is 2. The summed E-state index contributed by atoms with van der Waals surface area (Å²) in [5.74, 6) is -0.405. The average molecular weight is 799 g/mol. The Morgan fingerprint density at radius 3 is 1.86 bits per heavy atom. The Hall–Kier alpha value is -5.61. The predicted octanol–water partition coefficient (Wildman–Crippen LogP) is 7.01. The van der Waals surface area contributed by atoms with Gasteiger partial charge in [-0.25, -0.2) is 35.6 Å². The molecule has 1 aliphatic heterocycles. The van der Waals surface area contributed by atoms with Gasteiger partial charge in [0.2, 0.25) is 10.0 Å². The van der Waals surface area contributed by atoms with Gasteiger partial charge in [0.1, 0.15) is 23.3 Å². The van der Waals surface area contributed by atoms with E-state index >= 15 is 0 Å². The lowest BCUT2D eigenvalue weighted by molar-refractivity contribution is 0.0730. The average Bonchev–Trinajstić information content (AvgIpc) is 3.19. The Bertz CT molecular complexity index is 2550. The van der Waals surface area contributed by atoms with Gasteiger partial charge in [-0.2, -0.15) is 4.31 Å². The van der Waals surface area contributed by atoms with Crippen molar-refractivity contribution in [2.75, 3.05) is 37.8 Å². The first-order valence-corrected chi connectivity index (χ1v) is 20.8. The van der Waals surface area contributed by atoms with Crippen LogP contribution in [0.5, 0.6) is 0 Å². The minimum absolute atomic E-state index is 0.0896. The van der Waals surface area contributed by atoms with E-state index in [4.69, 9.17) is 16.2 Å². The summed E-state index contributed by atoms with van der Waals surface area (Å²) in [7, 11) is -6.98. The SMILES string of the molecule is CC(C)S(=O)(=O)Cc1ccccc1-c1ccc(-c2cnc(N)cn2)c(F)c1.Nc1ccc(-c2ccc(-c3ccccc3S(=O)(=O)N3CCOCC3)cc2F)cn1. The number of hydrogen-bond donors (Lipinski definition) is 2. The highest BCUT2D eigenvalue weighted by Gasteiger charge is 2.29. The van der Waals surface area contributed by atoms with Gasteiger partial charge in [0, 0.05) is 41.5 Å². The standard InChI is InChI=1S/C21H20FN3O3S.C20H20FN3O2S/c22-19-13-15(5-7-17(19)16-6-8-21(23)24-14-16)18-3-1-2-4-20(18)29(26,27)25-9-11-28-12-10-25;1-13(2)27(25,26)12-15-5-3-4-6-16(15)14-7-8-17(18(21)9-14)19-10-24-20(22)11-23-19/h1-8,13-14H,9-12H2,(H2,23,24);3-11,13H,12H2,1-2H3,(H2,22,24). The molecule has 11 nitrogen and oxygen atoms in total. The number of nitrogen functional groups attached to an aromatic ring is 2. The Balaban J connectivity index is 0.000000190. The number of ether oxygens (including phenoxy) is 1. The van der Waals surface area contributed by atoms with Crippen LogP contribution in [-0.2, 0) is 30.4 Å². The molecule has 0 spiro atoms. The van der Waals surface area contributed by atoms with Crippen molar-refractivity contribution >= 4 is 31.5 Å². The molecule has 0 aliphatic carbocycles. The first-order chi connectivity index (χ1) is 26.7. The van der Waals surface area contributed by atoms with Crippen LogP contribution < -0.4 is 11.5 Å². The monoisotopic (exact) mass is 798 g/mol. The molecule has 3 heterocycles. The molecule has 4 N–H and O–H groups in total. The second-order valence-corrected chi connectivity index (χ2v) is 17.7. The lowest BCUT2D eigenvalue weighted by Gasteiger charge is -2.27. The van der Waals surface area contributed by atoms with Crippen molar-refractivity contribution in [1.29, 1.82) is 0 Å². The summed E-state index contributed by atoms with van der Waals surface area (Å²) >= 11 is 0. The van der Waals surface area contributed by atoms with E-state index in [-0.39, 0.29) is 16.5 Å². The molecule has 0 bridgehead atoms. The van der Waals surface area contributed by atoms with Gasteiger partial charge in [0.15, 0.2) is 9.84 Å². The van der Waals surface area contributed by atoms with Gasteiger partial charge < -0.3 is 16.2 Å². The van der Waals surface area contributed by atoms with Crippen molar-refractivity contribution in [2.45, 2.75) is 29.7 Å². The van der Waals surface area contributed by atoms with Crippen LogP contribution in [-0.4, -0.2) is 67.6 Å². The van der Waals surface area contributed by atoms with E-state index in [2.05, 4.69) is 15.0 Å². The molecular formula is C41H40F2N6O5S2. The smallest absolute Gasteiger partial charge is 0.243 e. The minimum Gasteiger partial charge on any atom is -0.384 e.